The normalized spacial score (nSPS) is 15.4. The Labute approximate surface area is 97.6 Å². The molecule has 0 aromatic rings. The third-order valence-corrected chi connectivity index (χ3v) is 2.62. The Hall–Kier alpha value is -1.06. The van der Waals surface area contributed by atoms with Gasteiger partial charge in [0.1, 0.15) is 0 Å². The minimum atomic E-state index is -0.926. The molecule has 0 aliphatic carbocycles. The highest BCUT2D eigenvalue weighted by atomic mass is 16.4. The summed E-state index contributed by atoms with van der Waals surface area (Å²) in [5.74, 6) is -2.16. The molecule has 0 radical (unpaired) electrons. The van der Waals surface area contributed by atoms with Gasteiger partial charge in [0.25, 0.3) is 0 Å². The molecule has 2 atom stereocenters. The van der Waals surface area contributed by atoms with Gasteiger partial charge in [-0.25, -0.2) is 0 Å². The zero-order chi connectivity index (χ0) is 13.1. The van der Waals surface area contributed by atoms with Crippen molar-refractivity contribution in [2.45, 2.75) is 34.6 Å². The van der Waals surface area contributed by atoms with Crippen molar-refractivity contribution in [3.05, 3.63) is 0 Å². The summed E-state index contributed by atoms with van der Waals surface area (Å²) in [6.45, 7) is 9.99. The molecule has 0 saturated heterocycles. The van der Waals surface area contributed by atoms with Gasteiger partial charge in [0.15, 0.2) is 0 Å². The highest BCUT2D eigenvalue weighted by Crippen LogP contribution is 2.18. The quantitative estimate of drug-likeness (QED) is 0.800. The van der Waals surface area contributed by atoms with E-state index >= 15 is 0 Å². The van der Waals surface area contributed by atoms with Crippen molar-refractivity contribution in [2.75, 3.05) is 13.6 Å². The lowest BCUT2D eigenvalue weighted by Crippen LogP contribution is -2.40. The molecule has 4 nitrogen and oxygen atoms in total. The molecular weight excluding hydrogens is 206 g/mol. The number of carbonyl (C=O) groups is 2. The van der Waals surface area contributed by atoms with Crippen LogP contribution in [0.5, 0.6) is 0 Å². The Morgan fingerprint density at radius 3 is 1.94 bits per heavy atom. The summed E-state index contributed by atoms with van der Waals surface area (Å²) in [6, 6.07) is 0. The molecule has 1 amide bonds. The summed E-state index contributed by atoms with van der Waals surface area (Å²) in [5, 5.41) is 8.84. The Bertz CT molecular complexity index is 268. The number of hydrogen-bond acceptors (Lipinski definition) is 2. The third kappa shape index (κ3) is 4.64. The van der Waals surface area contributed by atoms with Crippen LogP contribution in [-0.4, -0.2) is 35.5 Å². The van der Waals surface area contributed by atoms with Crippen molar-refractivity contribution >= 4 is 11.9 Å². The van der Waals surface area contributed by atoms with Gasteiger partial charge < -0.3 is 10.0 Å². The van der Waals surface area contributed by atoms with E-state index in [9.17, 15) is 9.59 Å². The molecule has 0 saturated carbocycles. The molecular formula is C12H23NO3. The van der Waals surface area contributed by atoms with E-state index in [0.717, 1.165) is 0 Å². The van der Waals surface area contributed by atoms with E-state index < -0.39 is 17.8 Å². The van der Waals surface area contributed by atoms with Gasteiger partial charge in [-0.1, -0.05) is 34.6 Å². The number of amides is 1. The van der Waals surface area contributed by atoms with Gasteiger partial charge in [0.05, 0.1) is 5.92 Å². The SMILES string of the molecule is CC(C(=O)O)C(C)C(=O)N(C)CC(C)(C)C. The van der Waals surface area contributed by atoms with Crippen molar-refractivity contribution in [2.24, 2.45) is 17.3 Å². The maximum atomic E-state index is 11.9. The van der Waals surface area contributed by atoms with Crippen LogP contribution in [0.25, 0.3) is 0 Å². The molecule has 4 heteroatoms. The second-order valence-electron chi connectivity index (χ2n) is 5.67. The number of carboxylic acids is 1. The van der Waals surface area contributed by atoms with Crippen molar-refractivity contribution in [3.8, 4) is 0 Å². The molecule has 1 N–H and O–H groups in total. The fourth-order valence-corrected chi connectivity index (χ4v) is 1.56. The maximum absolute atomic E-state index is 11.9. The first kappa shape index (κ1) is 14.9. The monoisotopic (exact) mass is 229 g/mol. The highest BCUT2D eigenvalue weighted by Gasteiger charge is 2.29. The lowest BCUT2D eigenvalue weighted by atomic mass is 9.92. The number of rotatable bonds is 4. The number of hydrogen-bond donors (Lipinski definition) is 1. The van der Waals surface area contributed by atoms with Gasteiger partial charge in [-0.2, -0.15) is 0 Å². The molecule has 0 aromatic heterocycles. The van der Waals surface area contributed by atoms with Crippen molar-refractivity contribution < 1.29 is 14.7 Å². The van der Waals surface area contributed by atoms with Crippen LogP contribution in [-0.2, 0) is 9.59 Å². The van der Waals surface area contributed by atoms with Crippen LogP contribution in [0.4, 0.5) is 0 Å². The molecule has 0 rings (SSSR count). The molecule has 2 unspecified atom stereocenters. The second-order valence-corrected chi connectivity index (χ2v) is 5.67. The van der Waals surface area contributed by atoms with Crippen molar-refractivity contribution in [3.63, 3.8) is 0 Å². The molecule has 16 heavy (non-hydrogen) atoms. The van der Waals surface area contributed by atoms with Crippen LogP contribution < -0.4 is 0 Å². The van der Waals surface area contributed by atoms with Crippen LogP contribution in [0.15, 0.2) is 0 Å². The first-order valence-electron chi connectivity index (χ1n) is 5.54. The summed E-state index contributed by atoms with van der Waals surface area (Å²) in [4.78, 5) is 24.3. The fourth-order valence-electron chi connectivity index (χ4n) is 1.56. The molecule has 0 spiro atoms. The van der Waals surface area contributed by atoms with Crippen LogP contribution in [0.1, 0.15) is 34.6 Å². The van der Waals surface area contributed by atoms with Gasteiger partial charge in [-0.3, -0.25) is 9.59 Å². The molecule has 0 heterocycles. The summed E-state index contributed by atoms with van der Waals surface area (Å²) in [5.41, 5.74) is 0.0244. The number of carboxylic acid groups (broad SMARTS) is 1. The van der Waals surface area contributed by atoms with Crippen LogP contribution >= 0.6 is 0 Å². The van der Waals surface area contributed by atoms with E-state index in [1.807, 2.05) is 20.8 Å². The van der Waals surface area contributed by atoms with E-state index in [4.69, 9.17) is 5.11 Å². The second kappa shape index (κ2) is 5.32. The Balaban J connectivity index is 4.50. The fraction of sp³-hybridized carbons (Fsp3) is 0.833. The first-order valence-corrected chi connectivity index (χ1v) is 5.54. The van der Waals surface area contributed by atoms with E-state index in [1.54, 1.807) is 25.8 Å². The average molecular weight is 229 g/mol. The summed E-state index contributed by atoms with van der Waals surface area (Å²) in [7, 11) is 1.72. The van der Waals surface area contributed by atoms with Gasteiger partial charge in [0.2, 0.25) is 5.91 Å². The van der Waals surface area contributed by atoms with Crippen LogP contribution in [0.2, 0.25) is 0 Å². The minimum absolute atomic E-state index is 0.0244. The number of carbonyl (C=O) groups excluding carboxylic acids is 1. The van der Waals surface area contributed by atoms with Crippen molar-refractivity contribution in [1.29, 1.82) is 0 Å². The summed E-state index contributed by atoms with van der Waals surface area (Å²) >= 11 is 0. The largest absolute Gasteiger partial charge is 0.481 e. The molecule has 94 valence electrons. The smallest absolute Gasteiger partial charge is 0.307 e. The van der Waals surface area contributed by atoms with Crippen LogP contribution in [0, 0.1) is 17.3 Å². The molecule has 0 fully saturated rings. The third-order valence-electron chi connectivity index (χ3n) is 2.62. The van der Waals surface area contributed by atoms with E-state index in [1.165, 1.54) is 0 Å². The van der Waals surface area contributed by atoms with E-state index in [0.29, 0.717) is 6.54 Å². The predicted octanol–water partition coefficient (Wildman–Crippen LogP) is 1.85. The molecule has 0 bridgehead atoms. The zero-order valence-corrected chi connectivity index (χ0v) is 11.1. The standard InChI is InChI=1S/C12H23NO3/c1-8(9(2)11(15)16)10(14)13(6)7-12(3,4)5/h8-9H,7H2,1-6H3,(H,15,16). The van der Waals surface area contributed by atoms with Gasteiger partial charge in [0, 0.05) is 19.5 Å². The molecule has 0 aliphatic heterocycles. The summed E-state index contributed by atoms with van der Waals surface area (Å²) in [6.07, 6.45) is 0. The van der Waals surface area contributed by atoms with E-state index in [2.05, 4.69) is 0 Å². The lowest BCUT2D eigenvalue weighted by Gasteiger charge is -2.29. The topological polar surface area (TPSA) is 57.6 Å². The number of nitrogens with zero attached hydrogens (tertiary/aromatic N) is 1. The average Bonchev–Trinajstić information content (AvgIpc) is 2.11. The Morgan fingerprint density at radius 1 is 1.19 bits per heavy atom. The van der Waals surface area contributed by atoms with Gasteiger partial charge in [-0.05, 0) is 5.41 Å². The summed E-state index contributed by atoms with van der Waals surface area (Å²) < 4.78 is 0. The zero-order valence-electron chi connectivity index (χ0n) is 11.1. The van der Waals surface area contributed by atoms with Gasteiger partial charge >= 0.3 is 5.97 Å². The molecule has 0 aromatic carbocycles. The van der Waals surface area contributed by atoms with Crippen LogP contribution in [0.3, 0.4) is 0 Å². The highest BCUT2D eigenvalue weighted by molar-refractivity contribution is 5.84. The van der Waals surface area contributed by atoms with Gasteiger partial charge in [-0.15, -0.1) is 0 Å². The van der Waals surface area contributed by atoms with Crippen molar-refractivity contribution in [1.82, 2.24) is 4.90 Å². The lowest BCUT2D eigenvalue weighted by molar-refractivity contribution is -0.149. The maximum Gasteiger partial charge on any atom is 0.307 e. The first-order chi connectivity index (χ1) is 7.06. The minimum Gasteiger partial charge on any atom is -0.481 e. The Kier molecular flexibility index (Phi) is 4.97. The van der Waals surface area contributed by atoms with E-state index in [-0.39, 0.29) is 11.3 Å². The molecule has 0 aliphatic rings. The predicted molar refractivity (Wildman–Crippen MR) is 63.1 cm³/mol. The number of aliphatic carboxylic acids is 1. The Morgan fingerprint density at radius 2 is 1.62 bits per heavy atom.